The molecule has 90 valence electrons. The van der Waals surface area contributed by atoms with Crippen LogP contribution in [0.25, 0.3) is 0 Å². The van der Waals surface area contributed by atoms with Crippen molar-refractivity contribution in [3.8, 4) is 0 Å². The van der Waals surface area contributed by atoms with Gasteiger partial charge in [-0.2, -0.15) is 0 Å². The Kier molecular flexibility index (Phi) is 4.85. The molecule has 2 N–H and O–H groups in total. The summed E-state index contributed by atoms with van der Waals surface area (Å²) in [6.45, 7) is 3.29. The maximum Gasteiger partial charge on any atom is 0.327 e. The SMILES string of the molecule is Cc1nc(C(NCCN(C)C)C(=O)O)cs1. The number of likely N-dealkylation sites (N-methyl/N-ethyl adjacent to an activating group) is 1. The molecule has 1 unspecified atom stereocenters. The lowest BCUT2D eigenvalue weighted by molar-refractivity contribution is -0.139. The first-order valence-electron chi connectivity index (χ1n) is 5.03. The molecule has 0 spiro atoms. The highest BCUT2D eigenvalue weighted by Crippen LogP contribution is 2.16. The molecule has 0 radical (unpaired) electrons. The quantitative estimate of drug-likeness (QED) is 0.771. The summed E-state index contributed by atoms with van der Waals surface area (Å²) in [5, 5.41) is 14.7. The number of carbonyl (C=O) groups is 1. The summed E-state index contributed by atoms with van der Waals surface area (Å²) in [5.74, 6) is -0.885. The first kappa shape index (κ1) is 13.1. The monoisotopic (exact) mass is 243 g/mol. The maximum atomic E-state index is 11.1. The number of carboxylic acids is 1. The van der Waals surface area contributed by atoms with Crippen LogP contribution in [-0.4, -0.2) is 48.1 Å². The Morgan fingerprint density at radius 1 is 1.69 bits per heavy atom. The summed E-state index contributed by atoms with van der Waals surface area (Å²) >= 11 is 1.47. The standard InChI is InChI=1S/C10H17N3O2S/c1-7-12-8(6-16-7)9(10(14)15)11-4-5-13(2)3/h6,9,11H,4-5H2,1-3H3,(H,14,15). The molecule has 0 aromatic carbocycles. The summed E-state index contributed by atoms with van der Waals surface area (Å²) in [6, 6.07) is -0.704. The van der Waals surface area contributed by atoms with Gasteiger partial charge < -0.3 is 10.0 Å². The zero-order chi connectivity index (χ0) is 12.1. The van der Waals surface area contributed by atoms with Crippen molar-refractivity contribution in [2.24, 2.45) is 0 Å². The van der Waals surface area contributed by atoms with Crippen LogP contribution in [0, 0.1) is 6.92 Å². The Morgan fingerprint density at radius 3 is 2.81 bits per heavy atom. The number of aliphatic carboxylic acids is 1. The van der Waals surface area contributed by atoms with Crippen LogP contribution >= 0.6 is 11.3 Å². The van der Waals surface area contributed by atoms with Crippen molar-refractivity contribution < 1.29 is 9.90 Å². The topological polar surface area (TPSA) is 65.5 Å². The molecular formula is C10H17N3O2S. The van der Waals surface area contributed by atoms with Gasteiger partial charge in [-0.15, -0.1) is 11.3 Å². The van der Waals surface area contributed by atoms with Gasteiger partial charge in [0.15, 0.2) is 0 Å². The van der Waals surface area contributed by atoms with Crippen molar-refractivity contribution in [2.75, 3.05) is 27.2 Å². The van der Waals surface area contributed by atoms with E-state index in [-0.39, 0.29) is 0 Å². The summed E-state index contributed by atoms with van der Waals surface area (Å²) in [6.07, 6.45) is 0. The van der Waals surface area contributed by atoms with Crippen molar-refractivity contribution in [3.63, 3.8) is 0 Å². The molecule has 0 saturated heterocycles. The van der Waals surface area contributed by atoms with Crippen molar-refractivity contribution in [2.45, 2.75) is 13.0 Å². The molecule has 1 rings (SSSR count). The van der Waals surface area contributed by atoms with E-state index < -0.39 is 12.0 Å². The van der Waals surface area contributed by atoms with Gasteiger partial charge >= 0.3 is 5.97 Å². The van der Waals surface area contributed by atoms with Crippen molar-refractivity contribution >= 4 is 17.3 Å². The number of aromatic nitrogens is 1. The van der Waals surface area contributed by atoms with E-state index >= 15 is 0 Å². The molecule has 5 nitrogen and oxygen atoms in total. The van der Waals surface area contributed by atoms with E-state index in [9.17, 15) is 4.79 Å². The van der Waals surface area contributed by atoms with Crippen LogP contribution in [0.15, 0.2) is 5.38 Å². The van der Waals surface area contributed by atoms with Crippen LogP contribution in [0.4, 0.5) is 0 Å². The lowest BCUT2D eigenvalue weighted by Gasteiger charge is -2.14. The third-order valence-electron chi connectivity index (χ3n) is 2.09. The number of aryl methyl sites for hydroxylation is 1. The van der Waals surface area contributed by atoms with Crippen LogP contribution in [-0.2, 0) is 4.79 Å². The first-order valence-corrected chi connectivity index (χ1v) is 5.91. The van der Waals surface area contributed by atoms with E-state index in [1.165, 1.54) is 11.3 Å². The average Bonchev–Trinajstić information content (AvgIpc) is 2.58. The molecule has 6 heteroatoms. The van der Waals surface area contributed by atoms with E-state index in [1.54, 1.807) is 5.38 Å². The Bertz CT molecular complexity index is 352. The molecule has 0 saturated carbocycles. The first-order chi connectivity index (χ1) is 7.50. The molecule has 0 amide bonds. The number of hydrogen-bond acceptors (Lipinski definition) is 5. The fourth-order valence-corrected chi connectivity index (χ4v) is 1.90. The predicted octanol–water partition coefficient (Wildman–Crippen LogP) is 0.728. The van der Waals surface area contributed by atoms with Crippen molar-refractivity contribution in [1.82, 2.24) is 15.2 Å². The zero-order valence-corrected chi connectivity index (χ0v) is 10.5. The molecule has 0 fully saturated rings. The molecular weight excluding hydrogens is 226 g/mol. The van der Waals surface area contributed by atoms with Crippen LogP contribution in [0.2, 0.25) is 0 Å². The number of nitrogens with zero attached hydrogens (tertiary/aromatic N) is 2. The lowest BCUT2D eigenvalue weighted by atomic mass is 10.2. The van der Waals surface area contributed by atoms with Crippen molar-refractivity contribution in [3.05, 3.63) is 16.1 Å². The minimum atomic E-state index is -0.885. The normalized spacial score (nSPS) is 13.0. The Balaban J connectivity index is 2.58. The number of nitrogens with one attached hydrogen (secondary N) is 1. The minimum absolute atomic E-state index is 0.591. The molecule has 1 aromatic heterocycles. The second-order valence-corrected chi connectivity index (χ2v) is 4.88. The van der Waals surface area contributed by atoms with Crippen LogP contribution < -0.4 is 5.32 Å². The minimum Gasteiger partial charge on any atom is -0.480 e. The van der Waals surface area contributed by atoms with Gasteiger partial charge in [0.1, 0.15) is 6.04 Å². The molecule has 0 aliphatic heterocycles. The fraction of sp³-hybridized carbons (Fsp3) is 0.600. The average molecular weight is 243 g/mol. The van der Waals surface area contributed by atoms with E-state index in [1.807, 2.05) is 25.9 Å². The third kappa shape index (κ3) is 3.88. The molecule has 0 aliphatic carbocycles. The zero-order valence-electron chi connectivity index (χ0n) is 9.73. The van der Waals surface area contributed by atoms with E-state index in [0.29, 0.717) is 12.2 Å². The van der Waals surface area contributed by atoms with E-state index in [4.69, 9.17) is 5.11 Å². The lowest BCUT2D eigenvalue weighted by Crippen LogP contribution is -2.34. The molecule has 0 aliphatic rings. The van der Waals surface area contributed by atoms with E-state index in [0.717, 1.165) is 11.6 Å². The van der Waals surface area contributed by atoms with Crippen LogP contribution in [0.1, 0.15) is 16.7 Å². The largest absolute Gasteiger partial charge is 0.480 e. The van der Waals surface area contributed by atoms with Crippen LogP contribution in [0.3, 0.4) is 0 Å². The summed E-state index contributed by atoms with van der Waals surface area (Å²) in [7, 11) is 3.90. The molecule has 1 atom stereocenters. The summed E-state index contributed by atoms with van der Waals surface area (Å²) < 4.78 is 0. The number of carboxylic acid groups (broad SMARTS) is 1. The van der Waals surface area contributed by atoms with Gasteiger partial charge in [0.05, 0.1) is 10.7 Å². The molecule has 16 heavy (non-hydrogen) atoms. The van der Waals surface area contributed by atoms with Gasteiger partial charge in [0.2, 0.25) is 0 Å². The Morgan fingerprint density at radius 2 is 2.38 bits per heavy atom. The predicted molar refractivity (Wildman–Crippen MR) is 63.8 cm³/mol. The fourth-order valence-electron chi connectivity index (χ4n) is 1.26. The van der Waals surface area contributed by atoms with Gasteiger partial charge in [0, 0.05) is 18.5 Å². The van der Waals surface area contributed by atoms with Gasteiger partial charge in [-0.25, -0.2) is 4.98 Å². The second-order valence-electron chi connectivity index (χ2n) is 3.82. The van der Waals surface area contributed by atoms with Gasteiger partial charge in [-0.3, -0.25) is 10.1 Å². The highest BCUT2D eigenvalue weighted by atomic mass is 32.1. The summed E-state index contributed by atoms with van der Waals surface area (Å²) in [5.41, 5.74) is 0.591. The third-order valence-corrected chi connectivity index (χ3v) is 2.88. The molecule has 1 heterocycles. The van der Waals surface area contributed by atoms with Gasteiger partial charge in [-0.05, 0) is 21.0 Å². The second kappa shape index (κ2) is 5.93. The molecule has 0 bridgehead atoms. The highest BCUT2D eigenvalue weighted by Gasteiger charge is 2.21. The molecule has 1 aromatic rings. The summed E-state index contributed by atoms with van der Waals surface area (Å²) in [4.78, 5) is 17.3. The smallest absolute Gasteiger partial charge is 0.327 e. The van der Waals surface area contributed by atoms with Gasteiger partial charge in [0.25, 0.3) is 0 Å². The van der Waals surface area contributed by atoms with E-state index in [2.05, 4.69) is 10.3 Å². The van der Waals surface area contributed by atoms with Crippen molar-refractivity contribution in [1.29, 1.82) is 0 Å². The van der Waals surface area contributed by atoms with Crippen LogP contribution in [0.5, 0.6) is 0 Å². The number of thiazole rings is 1. The van der Waals surface area contributed by atoms with Gasteiger partial charge in [-0.1, -0.05) is 0 Å². The number of hydrogen-bond donors (Lipinski definition) is 2. The maximum absolute atomic E-state index is 11.1. The highest BCUT2D eigenvalue weighted by molar-refractivity contribution is 7.09. The Labute approximate surface area is 99.1 Å². The Hall–Kier alpha value is -0.980. The number of rotatable bonds is 6.